The van der Waals surface area contributed by atoms with Crippen molar-refractivity contribution in [1.82, 2.24) is 14.8 Å². The standard InChI is InChI=1S/C21H22N4O5S/c1-29-17-6-3-14(4-7-17)19-11-18(24-25(19)16-9-10-31(27,28)13-16)21(26)23-15-5-8-20(30-2)22-12-15/h3-8,11-12,16H,9-10,13H2,1-2H3,(H,23,26)/t16-/m1/s1. The van der Waals surface area contributed by atoms with Crippen molar-refractivity contribution in [3.05, 3.63) is 54.4 Å². The fraction of sp³-hybridized carbons (Fsp3) is 0.286. The first-order valence-corrected chi connectivity index (χ1v) is 11.5. The van der Waals surface area contributed by atoms with E-state index < -0.39 is 15.7 Å². The van der Waals surface area contributed by atoms with Crippen LogP contribution in [0.5, 0.6) is 11.6 Å². The summed E-state index contributed by atoms with van der Waals surface area (Å²) in [5.41, 5.74) is 2.16. The Bertz CT molecular complexity index is 1190. The van der Waals surface area contributed by atoms with Crippen LogP contribution in [0.4, 0.5) is 5.69 Å². The average molecular weight is 442 g/mol. The molecule has 10 heteroatoms. The van der Waals surface area contributed by atoms with E-state index in [1.165, 1.54) is 13.3 Å². The van der Waals surface area contributed by atoms with Gasteiger partial charge in [-0.1, -0.05) is 0 Å². The molecule has 4 rings (SSSR count). The highest BCUT2D eigenvalue weighted by molar-refractivity contribution is 7.91. The van der Waals surface area contributed by atoms with Crippen LogP contribution >= 0.6 is 0 Å². The maximum absolute atomic E-state index is 12.8. The Labute approximate surface area is 179 Å². The summed E-state index contributed by atoms with van der Waals surface area (Å²) in [6.07, 6.45) is 1.94. The van der Waals surface area contributed by atoms with Gasteiger partial charge in [-0.15, -0.1) is 0 Å². The minimum Gasteiger partial charge on any atom is -0.497 e. The van der Waals surface area contributed by atoms with Crippen molar-refractivity contribution in [2.45, 2.75) is 12.5 Å². The van der Waals surface area contributed by atoms with Gasteiger partial charge in [0.05, 0.1) is 49.3 Å². The molecule has 31 heavy (non-hydrogen) atoms. The molecule has 3 aromatic rings. The molecule has 0 unspecified atom stereocenters. The van der Waals surface area contributed by atoms with Crippen molar-refractivity contribution in [2.75, 3.05) is 31.0 Å². The first-order chi connectivity index (χ1) is 14.9. The highest BCUT2D eigenvalue weighted by Gasteiger charge is 2.32. The van der Waals surface area contributed by atoms with Crippen molar-refractivity contribution < 1.29 is 22.7 Å². The lowest BCUT2D eigenvalue weighted by molar-refractivity contribution is 0.102. The van der Waals surface area contributed by atoms with E-state index >= 15 is 0 Å². The minimum absolute atomic E-state index is 0.00128. The number of sulfone groups is 1. The van der Waals surface area contributed by atoms with Crippen molar-refractivity contribution in [3.63, 3.8) is 0 Å². The van der Waals surface area contributed by atoms with Gasteiger partial charge in [0.2, 0.25) is 5.88 Å². The van der Waals surface area contributed by atoms with E-state index in [-0.39, 0.29) is 23.2 Å². The predicted molar refractivity (Wildman–Crippen MR) is 115 cm³/mol. The molecule has 1 N–H and O–H groups in total. The molecule has 0 spiro atoms. The molecule has 1 aliphatic heterocycles. The van der Waals surface area contributed by atoms with Gasteiger partial charge in [0.1, 0.15) is 5.75 Å². The second kappa shape index (κ2) is 8.38. The van der Waals surface area contributed by atoms with Crippen LogP contribution in [0, 0.1) is 0 Å². The van der Waals surface area contributed by atoms with Crippen LogP contribution in [-0.4, -0.2) is 54.8 Å². The average Bonchev–Trinajstić information content (AvgIpc) is 3.38. The van der Waals surface area contributed by atoms with Crippen molar-refractivity contribution in [1.29, 1.82) is 0 Å². The molecule has 0 radical (unpaired) electrons. The zero-order valence-electron chi connectivity index (χ0n) is 17.1. The van der Waals surface area contributed by atoms with Gasteiger partial charge in [0, 0.05) is 11.6 Å². The molecule has 162 valence electrons. The van der Waals surface area contributed by atoms with Gasteiger partial charge in [0.25, 0.3) is 5.91 Å². The fourth-order valence-electron chi connectivity index (χ4n) is 3.50. The summed E-state index contributed by atoms with van der Waals surface area (Å²) in [6.45, 7) is 0. The van der Waals surface area contributed by atoms with Crippen LogP contribution in [0.3, 0.4) is 0 Å². The second-order valence-electron chi connectivity index (χ2n) is 7.19. The first-order valence-electron chi connectivity index (χ1n) is 9.64. The third kappa shape index (κ3) is 4.53. The smallest absolute Gasteiger partial charge is 0.276 e. The second-order valence-corrected chi connectivity index (χ2v) is 9.42. The molecule has 1 fully saturated rings. The number of anilines is 1. The molecule has 1 aromatic carbocycles. The molecule has 0 bridgehead atoms. The summed E-state index contributed by atoms with van der Waals surface area (Å²) in [7, 11) is -0.0274. The van der Waals surface area contributed by atoms with Gasteiger partial charge in [0.15, 0.2) is 15.5 Å². The Hall–Kier alpha value is -3.40. The van der Waals surface area contributed by atoms with E-state index in [9.17, 15) is 13.2 Å². The van der Waals surface area contributed by atoms with Gasteiger partial charge < -0.3 is 14.8 Å². The summed E-state index contributed by atoms with van der Waals surface area (Å²) >= 11 is 0. The number of ether oxygens (including phenoxy) is 2. The van der Waals surface area contributed by atoms with Crippen LogP contribution in [0.1, 0.15) is 23.0 Å². The van der Waals surface area contributed by atoms with E-state index in [2.05, 4.69) is 15.4 Å². The van der Waals surface area contributed by atoms with Crippen LogP contribution in [0.15, 0.2) is 48.7 Å². The SMILES string of the molecule is COc1ccc(-c2cc(C(=O)Nc3ccc(OC)nc3)nn2[C@@H]2CCS(=O)(=O)C2)cc1. The predicted octanol–water partition coefficient (Wildman–Crippen LogP) is 2.57. The molecule has 2 aromatic heterocycles. The van der Waals surface area contributed by atoms with Crippen molar-refractivity contribution in [3.8, 4) is 22.9 Å². The molecule has 0 aliphatic carbocycles. The number of aromatic nitrogens is 3. The van der Waals surface area contributed by atoms with Gasteiger partial charge >= 0.3 is 0 Å². The maximum atomic E-state index is 12.8. The number of methoxy groups -OCH3 is 2. The topological polar surface area (TPSA) is 112 Å². The third-order valence-electron chi connectivity index (χ3n) is 5.11. The Morgan fingerprint density at radius 3 is 2.48 bits per heavy atom. The summed E-state index contributed by atoms with van der Waals surface area (Å²) in [6, 6.07) is 12.0. The normalized spacial score (nSPS) is 17.3. The van der Waals surface area contributed by atoms with E-state index in [1.807, 2.05) is 12.1 Å². The number of pyridine rings is 1. The van der Waals surface area contributed by atoms with Crippen LogP contribution in [-0.2, 0) is 9.84 Å². The molecule has 1 amide bonds. The van der Waals surface area contributed by atoms with Crippen molar-refractivity contribution >= 4 is 21.4 Å². The Kier molecular flexibility index (Phi) is 5.64. The first kappa shape index (κ1) is 20.9. The highest BCUT2D eigenvalue weighted by Crippen LogP contribution is 2.31. The Balaban J connectivity index is 1.67. The largest absolute Gasteiger partial charge is 0.497 e. The summed E-state index contributed by atoms with van der Waals surface area (Å²) in [5, 5.41) is 7.23. The summed E-state index contributed by atoms with van der Waals surface area (Å²) in [4.78, 5) is 16.9. The number of amides is 1. The number of hydrogen-bond acceptors (Lipinski definition) is 7. The monoisotopic (exact) mass is 442 g/mol. The molecule has 9 nitrogen and oxygen atoms in total. The number of nitrogens with one attached hydrogen (secondary N) is 1. The Morgan fingerprint density at radius 1 is 1.13 bits per heavy atom. The number of nitrogens with zero attached hydrogens (tertiary/aromatic N) is 3. The molecule has 1 aliphatic rings. The molecule has 1 atom stereocenters. The molecule has 1 saturated heterocycles. The van der Waals surface area contributed by atoms with E-state index in [0.29, 0.717) is 29.4 Å². The molecular weight excluding hydrogens is 420 g/mol. The lowest BCUT2D eigenvalue weighted by Crippen LogP contribution is -2.16. The number of benzene rings is 1. The third-order valence-corrected chi connectivity index (χ3v) is 6.86. The number of hydrogen-bond donors (Lipinski definition) is 1. The fourth-order valence-corrected chi connectivity index (χ4v) is 5.19. The van der Waals surface area contributed by atoms with E-state index in [1.54, 1.807) is 42.1 Å². The number of rotatable bonds is 6. The summed E-state index contributed by atoms with van der Waals surface area (Å²) in [5.74, 6) is 0.830. The Morgan fingerprint density at radius 2 is 1.90 bits per heavy atom. The lowest BCUT2D eigenvalue weighted by Gasteiger charge is -2.13. The lowest BCUT2D eigenvalue weighted by atomic mass is 10.1. The molecular formula is C21H22N4O5S. The molecule has 3 heterocycles. The van der Waals surface area contributed by atoms with Crippen LogP contribution in [0.25, 0.3) is 11.3 Å². The van der Waals surface area contributed by atoms with Crippen LogP contribution < -0.4 is 14.8 Å². The zero-order chi connectivity index (χ0) is 22.0. The summed E-state index contributed by atoms with van der Waals surface area (Å²) < 4.78 is 35.9. The van der Waals surface area contributed by atoms with E-state index in [0.717, 1.165) is 5.56 Å². The van der Waals surface area contributed by atoms with Crippen LogP contribution in [0.2, 0.25) is 0 Å². The number of carbonyl (C=O) groups is 1. The minimum atomic E-state index is -3.12. The van der Waals surface area contributed by atoms with Gasteiger partial charge in [-0.05, 0) is 42.8 Å². The van der Waals surface area contributed by atoms with Gasteiger partial charge in [-0.25, -0.2) is 13.4 Å². The zero-order valence-corrected chi connectivity index (χ0v) is 17.9. The van der Waals surface area contributed by atoms with Gasteiger partial charge in [-0.2, -0.15) is 5.10 Å². The molecule has 0 saturated carbocycles. The van der Waals surface area contributed by atoms with E-state index in [4.69, 9.17) is 9.47 Å². The highest BCUT2D eigenvalue weighted by atomic mass is 32.2. The van der Waals surface area contributed by atoms with Crippen molar-refractivity contribution in [2.24, 2.45) is 0 Å². The van der Waals surface area contributed by atoms with Gasteiger partial charge in [-0.3, -0.25) is 9.48 Å². The quantitative estimate of drug-likeness (QED) is 0.624. The maximum Gasteiger partial charge on any atom is 0.276 e. The number of carbonyl (C=O) groups excluding carboxylic acids is 1.